The van der Waals surface area contributed by atoms with Crippen LogP contribution in [0.5, 0.6) is 5.75 Å². The second kappa shape index (κ2) is 7.94. The second-order valence-electron chi connectivity index (χ2n) is 8.95. The number of aryl methyl sites for hydroxylation is 1. The molecule has 176 valence electrons. The Morgan fingerprint density at radius 2 is 2.11 bits per heavy atom. The van der Waals surface area contributed by atoms with Crippen molar-refractivity contribution >= 4 is 28.3 Å². The monoisotopic (exact) mass is 489 g/mol. The molecular weight excluding hydrogens is 469 g/mol. The van der Waals surface area contributed by atoms with E-state index in [-0.39, 0.29) is 34.1 Å². The van der Waals surface area contributed by atoms with E-state index >= 15 is 4.39 Å². The number of ether oxygens (including phenoxy) is 2. The van der Waals surface area contributed by atoms with Crippen LogP contribution >= 0.6 is 11.6 Å². The highest BCUT2D eigenvalue weighted by atomic mass is 35.5. The molecule has 6 rings (SSSR count). The fourth-order valence-corrected chi connectivity index (χ4v) is 4.97. The molecule has 1 aliphatic carbocycles. The number of nitrogen functional groups attached to an aromatic ring is 1. The van der Waals surface area contributed by atoms with Gasteiger partial charge in [0.1, 0.15) is 23.2 Å². The van der Waals surface area contributed by atoms with Crippen LogP contribution in [0.2, 0.25) is 5.02 Å². The van der Waals surface area contributed by atoms with Gasteiger partial charge in [-0.25, -0.2) is 9.37 Å². The third-order valence-electron chi connectivity index (χ3n) is 6.65. The average Bonchev–Trinajstić information content (AvgIpc) is 3.44. The molecule has 1 fully saturated rings. The Morgan fingerprint density at radius 1 is 1.31 bits per heavy atom. The summed E-state index contributed by atoms with van der Waals surface area (Å²) in [6.07, 6.45) is 3.35. The van der Waals surface area contributed by atoms with Crippen LogP contribution in [0.25, 0.3) is 33.3 Å². The molecule has 35 heavy (non-hydrogen) atoms. The van der Waals surface area contributed by atoms with Gasteiger partial charge in [0.15, 0.2) is 5.82 Å². The lowest BCUT2D eigenvalue weighted by molar-refractivity contribution is 0.0801. The van der Waals surface area contributed by atoms with Gasteiger partial charge in [-0.2, -0.15) is 10.4 Å². The van der Waals surface area contributed by atoms with Gasteiger partial charge < -0.3 is 15.2 Å². The van der Waals surface area contributed by atoms with Crippen molar-refractivity contribution in [2.24, 2.45) is 7.05 Å². The van der Waals surface area contributed by atoms with E-state index in [4.69, 9.17) is 26.8 Å². The molecule has 2 aromatic heterocycles. The minimum absolute atomic E-state index is 0.0212. The molecule has 3 heterocycles. The fraction of sp³-hybridized carbons (Fsp3) is 0.269. The van der Waals surface area contributed by atoms with Gasteiger partial charge >= 0.3 is 0 Å². The zero-order valence-corrected chi connectivity index (χ0v) is 19.9. The van der Waals surface area contributed by atoms with Gasteiger partial charge in [-0.15, -0.1) is 0 Å². The minimum atomic E-state index is -0.691. The number of nitrogens with zero attached hydrogens (tertiary/aromatic N) is 4. The van der Waals surface area contributed by atoms with Crippen molar-refractivity contribution in [1.82, 2.24) is 14.8 Å². The second-order valence-corrected chi connectivity index (χ2v) is 9.36. The molecule has 1 saturated carbocycles. The Labute approximate surface area is 205 Å². The van der Waals surface area contributed by atoms with Crippen molar-refractivity contribution in [2.75, 3.05) is 5.73 Å². The number of benzene rings is 2. The summed E-state index contributed by atoms with van der Waals surface area (Å²) in [4.78, 5) is 4.62. The van der Waals surface area contributed by atoms with Crippen molar-refractivity contribution < 1.29 is 13.9 Å². The van der Waals surface area contributed by atoms with E-state index in [0.29, 0.717) is 29.2 Å². The lowest BCUT2D eigenvalue weighted by atomic mass is 9.95. The molecule has 0 spiro atoms. The first-order valence-corrected chi connectivity index (χ1v) is 11.7. The Morgan fingerprint density at radius 3 is 2.86 bits per heavy atom. The van der Waals surface area contributed by atoms with Crippen LogP contribution in [-0.2, 0) is 18.4 Å². The number of anilines is 1. The van der Waals surface area contributed by atoms with Crippen molar-refractivity contribution in [1.29, 1.82) is 5.26 Å². The molecule has 4 aromatic rings. The summed E-state index contributed by atoms with van der Waals surface area (Å²) < 4.78 is 28.7. The van der Waals surface area contributed by atoms with Crippen LogP contribution in [0.3, 0.4) is 0 Å². The lowest BCUT2D eigenvalue weighted by Crippen LogP contribution is -2.05. The number of pyridine rings is 1. The molecule has 0 bridgehead atoms. The summed E-state index contributed by atoms with van der Waals surface area (Å²) in [5.41, 5.74) is 10.9. The largest absolute Gasteiger partial charge is 0.489 e. The van der Waals surface area contributed by atoms with Crippen LogP contribution in [0.1, 0.15) is 42.6 Å². The maximum atomic E-state index is 15.5. The van der Waals surface area contributed by atoms with E-state index < -0.39 is 5.82 Å². The summed E-state index contributed by atoms with van der Waals surface area (Å²) in [6.45, 7) is 2.43. The molecule has 1 atom stereocenters. The quantitative estimate of drug-likeness (QED) is 0.396. The van der Waals surface area contributed by atoms with Gasteiger partial charge in [-0.1, -0.05) is 23.7 Å². The minimum Gasteiger partial charge on any atom is -0.489 e. The van der Waals surface area contributed by atoms with Gasteiger partial charge in [0, 0.05) is 29.6 Å². The van der Waals surface area contributed by atoms with Crippen LogP contribution in [0.4, 0.5) is 10.2 Å². The molecule has 0 radical (unpaired) electrons. The Bertz CT molecular complexity index is 1570. The molecular formula is C26H21ClFN5O2. The maximum absolute atomic E-state index is 15.5. The predicted octanol–water partition coefficient (Wildman–Crippen LogP) is 5.68. The van der Waals surface area contributed by atoms with E-state index in [1.165, 1.54) is 10.7 Å². The molecule has 9 heteroatoms. The van der Waals surface area contributed by atoms with E-state index in [9.17, 15) is 5.26 Å². The average molecular weight is 490 g/mol. The number of aromatic nitrogens is 3. The van der Waals surface area contributed by atoms with Crippen LogP contribution in [0, 0.1) is 17.1 Å². The summed E-state index contributed by atoms with van der Waals surface area (Å²) in [5.74, 6) is 0.0279. The number of halogens is 2. The highest BCUT2D eigenvalue weighted by Gasteiger charge is 2.30. The van der Waals surface area contributed by atoms with Crippen molar-refractivity contribution in [3.05, 3.63) is 58.0 Å². The van der Waals surface area contributed by atoms with Crippen LogP contribution < -0.4 is 10.5 Å². The highest BCUT2D eigenvalue weighted by molar-refractivity contribution is 6.31. The number of hydrogen-bond donors (Lipinski definition) is 1. The first kappa shape index (κ1) is 21.8. The van der Waals surface area contributed by atoms with Gasteiger partial charge in [-0.05, 0) is 37.0 Å². The van der Waals surface area contributed by atoms with Crippen molar-refractivity contribution in [3.63, 3.8) is 0 Å². The fourth-order valence-electron chi connectivity index (χ4n) is 4.78. The number of nitrogens with two attached hydrogens (primary N) is 1. The van der Waals surface area contributed by atoms with Gasteiger partial charge in [0.05, 0.1) is 46.8 Å². The Kier molecular flexibility index (Phi) is 4.95. The number of hydrogen-bond acceptors (Lipinski definition) is 6. The van der Waals surface area contributed by atoms with E-state index in [1.807, 2.05) is 25.1 Å². The smallest absolute Gasteiger partial charge is 0.152 e. The molecule has 0 saturated heterocycles. The Balaban J connectivity index is 1.55. The number of rotatable bonds is 4. The van der Waals surface area contributed by atoms with E-state index in [0.717, 1.165) is 34.9 Å². The van der Waals surface area contributed by atoms with E-state index in [2.05, 4.69) is 16.2 Å². The normalized spacial score (nSPS) is 16.9. The third kappa shape index (κ3) is 3.42. The molecule has 2 N–H and O–H groups in total. The van der Waals surface area contributed by atoms with Crippen LogP contribution in [0.15, 0.2) is 30.5 Å². The standard InChI is InChI=1S/C26H21ClFN5O2/c1-12-22-18(11-34-12)15-6-3-13(7-20(15)32-26(22)30)17-10-31-33(2)25(17)23-16(9-29)21(35-14-4-5-14)8-19(27)24(23)28/h3,6-8,10,12,14H,4-5,11H2,1-2H3,(H2,30,32). The summed E-state index contributed by atoms with van der Waals surface area (Å²) in [7, 11) is 1.70. The lowest BCUT2D eigenvalue weighted by Gasteiger charge is -2.15. The van der Waals surface area contributed by atoms with Gasteiger partial charge in [-0.3, -0.25) is 4.68 Å². The van der Waals surface area contributed by atoms with Gasteiger partial charge in [0.2, 0.25) is 0 Å². The predicted molar refractivity (Wildman–Crippen MR) is 130 cm³/mol. The maximum Gasteiger partial charge on any atom is 0.152 e. The third-order valence-corrected chi connectivity index (χ3v) is 6.92. The zero-order valence-electron chi connectivity index (χ0n) is 19.1. The molecule has 7 nitrogen and oxygen atoms in total. The van der Waals surface area contributed by atoms with Crippen molar-refractivity contribution in [2.45, 2.75) is 38.6 Å². The van der Waals surface area contributed by atoms with Crippen molar-refractivity contribution in [3.8, 4) is 34.2 Å². The molecule has 2 aliphatic rings. The molecule has 2 aromatic carbocycles. The van der Waals surface area contributed by atoms with Crippen LogP contribution in [-0.4, -0.2) is 20.9 Å². The first-order valence-electron chi connectivity index (χ1n) is 11.3. The zero-order chi connectivity index (χ0) is 24.4. The summed E-state index contributed by atoms with van der Waals surface area (Å²) in [5, 5.41) is 15.2. The first-order chi connectivity index (χ1) is 16.9. The molecule has 1 aliphatic heterocycles. The van der Waals surface area contributed by atoms with Gasteiger partial charge in [0.25, 0.3) is 0 Å². The topological polar surface area (TPSA) is 99.0 Å². The summed E-state index contributed by atoms with van der Waals surface area (Å²) >= 11 is 6.25. The Hall–Kier alpha value is -3.67. The SMILES string of the molecule is CC1OCc2c1c(N)nc1cc(-c3cnn(C)c3-c3c(F)c(Cl)cc(OC4CC4)c3C#N)ccc21. The highest BCUT2D eigenvalue weighted by Crippen LogP contribution is 2.44. The number of nitriles is 1. The van der Waals surface area contributed by atoms with E-state index in [1.54, 1.807) is 13.2 Å². The molecule has 1 unspecified atom stereocenters. The molecule has 0 amide bonds. The number of fused-ring (bicyclic) bond motifs is 3. The summed E-state index contributed by atoms with van der Waals surface area (Å²) in [6, 6.07) is 9.29.